The Kier molecular flexibility index (Phi) is 4.08. The first-order valence-corrected chi connectivity index (χ1v) is 6.64. The minimum absolute atomic E-state index is 0.230. The second-order valence-corrected chi connectivity index (χ2v) is 5.32. The first-order valence-electron chi connectivity index (χ1n) is 5.19. The summed E-state index contributed by atoms with van der Waals surface area (Å²) in [5, 5.41) is 3.14. The maximum absolute atomic E-state index is 12.0. The van der Waals surface area contributed by atoms with Gasteiger partial charge in [-0.15, -0.1) is 0 Å². The molecule has 0 saturated heterocycles. The summed E-state index contributed by atoms with van der Waals surface area (Å²) in [6.45, 7) is 0. The molecule has 18 heavy (non-hydrogen) atoms. The Bertz CT molecular complexity index is 564. The maximum Gasteiger partial charge on any atom is 0.255 e. The van der Waals surface area contributed by atoms with Crippen molar-refractivity contribution >= 4 is 51.5 Å². The number of anilines is 2. The zero-order valence-corrected chi connectivity index (χ0v) is 12.2. The largest absolute Gasteiger partial charge is 0.397 e. The molecule has 0 bridgehead atoms. The first kappa shape index (κ1) is 13.2. The summed E-state index contributed by atoms with van der Waals surface area (Å²) in [5.74, 6) is -0.230. The molecule has 0 saturated carbocycles. The lowest BCUT2D eigenvalue weighted by Crippen LogP contribution is -2.13. The van der Waals surface area contributed by atoms with E-state index in [1.54, 1.807) is 30.3 Å². The van der Waals surface area contributed by atoms with E-state index in [0.717, 1.165) is 3.57 Å². The van der Waals surface area contributed by atoms with Crippen molar-refractivity contribution in [3.63, 3.8) is 0 Å². The average Bonchev–Trinajstić information content (AvgIpc) is 2.34. The minimum atomic E-state index is -0.230. The van der Waals surface area contributed by atoms with Crippen molar-refractivity contribution in [3.8, 4) is 0 Å². The predicted octanol–water partition coefficient (Wildman–Crippen LogP) is 3.78. The molecule has 0 aliphatic heterocycles. The van der Waals surface area contributed by atoms with E-state index in [9.17, 15) is 4.79 Å². The number of hydrogen-bond donors (Lipinski definition) is 2. The number of para-hydroxylation sites is 1. The highest BCUT2D eigenvalue weighted by Gasteiger charge is 2.10. The molecule has 3 N–H and O–H groups in total. The number of nitrogens with two attached hydrogens (primary N) is 1. The van der Waals surface area contributed by atoms with E-state index in [1.807, 2.05) is 12.1 Å². The molecular weight excluding hydrogens is 363 g/mol. The third kappa shape index (κ3) is 2.94. The molecule has 2 aromatic rings. The Balaban J connectivity index is 2.24. The number of halogens is 2. The lowest BCUT2D eigenvalue weighted by molar-refractivity contribution is 0.102. The number of benzene rings is 2. The lowest BCUT2D eigenvalue weighted by Gasteiger charge is -2.09. The second kappa shape index (κ2) is 5.58. The van der Waals surface area contributed by atoms with Crippen LogP contribution in [0.15, 0.2) is 42.5 Å². The fraction of sp³-hybridized carbons (Fsp3) is 0. The summed E-state index contributed by atoms with van der Waals surface area (Å²) in [6.07, 6.45) is 0. The number of amides is 1. The predicted molar refractivity (Wildman–Crippen MR) is 83.0 cm³/mol. The van der Waals surface area contributed by atoms with E-state index >= 15 is 0 Å². The molecule has 0 aliphatic rings. The molecule has 5 heteroatoms. The van der Waals surface area contributed by atoms with Crippen LogP contribution in [0.2, 0.25) is 5.02 Å². The van der Waals surface area contributed by atoms with Crippen molar-refractivity contribution in [1.82, 2.24) is 0 Å². The van der Waals surface area contributed by atoms with Crippen LogP contribution in [0.3, 0.4) is 0 Å². The molecule has 0 unspecified atom stereocenters. The lowest BCUT2D eigenvalue weighted by atomic mass is 10.2. The number of carbonyl (C=O) groups is 1. The fourth-order valence-electron chi connectivity index (χ4n) is 1.46. The Morgan fingerprint density at radius 2 is 1.83 bits per heavy atom. The molecule has 2 rings (SSSR count). The molecule has 0 fully saturated rings. The van der Waals surface area contributed by atoms with Crippen molar-refractivity contribution in [3.05, 3.63) is 56.6 Å². The van der Waals surface area contributed by atoms with Gasteiger partial charge in [-0.3, -0.25) is 4.79 Å². The topological polar surface area (TPSA) is 55.1 Å². The summed E-state index contributed by atoms with van der Waals surface area (Å²) in [5.41, 5.74) is 7.23. The van der Waals surface area contributed by atoms with Crippen LogP contribution in [0.1, 0.15) is 10.4 Å². The molecule has 0 spiro atoms. The molecule has 0 aromatic heterocycles. The van der Waals surface area contributed by atoms with Gasteiger partial charge in [0.15, 0.2) is 0 Å². The van der Waals surface area contributed by atoms with Gasteiger partial charge in [-0.25, -0.2) is 0 Å². The first-order chi connectivity index (χ1) is 8.58. The van der Waals surface area contributed by atoms with E-state index in [0.29, 0.717) is 22.0 Å². The average molecular weight is 373 g/mol. The van der Waals surface area contributed by atoms with Gasteiger partial charge in [0.1, 0.15) is 0 Å². The van der Waals surface area contributed by atoms with Gasteiger partial charge in [-0.2, -0.15) is 0 Å². The molecule has 0 heterocycles. The third-order valence-electron chi connectivity index (χ3n) is 2.39. The van der Waals surface area contributed by atoms with Crippen molar-refractivity contribution in [2.24, 2.45) is 0 Å². The highest BCUT2D eigenvalue weighted by Crippen LogP contribution is 2.28. The van der Waals surface area contributed by atoms with Crippen molar-refractivity contribution in [2.75, 3.05) is 11.1 Å². The number of carbonyl (C=O) groups excluding carboxylic acids is 1. The molecule has 0 radical (unpaired) electrons. The highest BCUT2D eigenvalue weighted by molar-refractivity contribution is 14.1. The standard InChI is InChI=1S/C13H10ClIN2O/c14-10-2-1-3-11(16)12(10)17-13(18)8-4-6-9(15)7-5-8/h1-7H,16H2,(H,17,18). The van der Waals surface area contributed by atoms with Gasteiger partial charge in [0, 0.05) is 9.13 Å². The van der Waals surface area contributed by atoms with Crippen molar-refractivity contribution in [2.45, 2.75) is 0 Å². The number of nitrogens with one attached hydrogen (secondary N) is 1. The molecular formula is C13H10ClIN2O. The normalized spacial score (nSPS) is 10.1. The smallest absolute Gasteiger partial charge is 0.255 e. The van der Waals surface area contributed by atoms with Crippen LogP contribution in [0.4, 0.5) is 11.4 Å². The van der Waals surface area contributed by atoms with Gasteiger partial charge in [0.25, 0.3) is 5.91 Å². The van der Waals surface area contributed by atoms with Gasteiger partial charge in [0.2, 0.25) is 0 Å². The van der Waals surface area contributed by atoms with Crippen LogP contribution in [-0.2, 0) is 0 Å². The van der Waals surface area contributed by atoms with Crippen LogP contribution in [-0.4, -0.2) is 5.91 Å². The molecule has 3 nitrogen and oxygen atoms in total. The van der Waals surface area contributed by atoms with Crippen LogP contribution < -0.4 is 11.1 Å². The zero-order chi connectivity index (χ0) is 13.1. The summed E-state index contributed by atoms with van der Waals surface area (Å²) >= 11 is 8.17. The Hall–Kier alpha value is -1.27. The zero-order valence-electron chi connectivity index (χ0n) is 9.28. The molecule has 0 aliphatic carbocycles. The maximum atomic E-state index is 12.0. The highest BCUT2D eigenvalue weighted by atomic mass is 127. The van der Waals surface area contributed by atoms with E-state index in [1.165, 1.54) is 0 Å². The third-order valence-corrected chi connectivity index (χ3v) is 3.42. The van der Waals surface area contributed by atoms with Gasteiger partial charge >= 0.3 is 0 Å². The fourth-order valence-corrected chi connectivity index (χ4v) is 2.05. The summed E-state index contributed by atoms with van der Waals surface area (Å²) < 4.78 is 1.07. The van der Waals surface area contributed by atoms with Crippen LogP contribution in [0.25, 0.3) is 0 Å². The van der Waals surface area contributed by atoms with Gasteiger partial charge < -0.3 is 11.1 Å². The van der Waals surface area contributed by atoms with Gasteiger partial charge in [0.05, 0.1) is 16.4 Å². The molecule has 1 amide bonds. The molecule has 92 valence electrons. The van der Waals surface area contributed by atoms with E-state index in [2.05, 4.69) is 27.9 Å². The van der Waals surface area contributed by atoms with E-state index < -0.39 is 0 Å². The summed E-state index contributed by atoms with van der Waals surface area (Å²) in [7, 11) is 0. The second-order valence-electron chi connectivity index (χ2n) is 3.67. The van der Waals surface area contributed by atoms with Gasteiger partial charge in [-0.05, 0) is 59.0 Å². The SMILES string of the molecule is Nc1cccc(Cl)c1NC(=O)c1ccc(I)cc1. The number of rotatable bonds is 2. The Morgan fingerprint density at radius 1 is 1.17 bits per heavy atom. The van der Waals surface area contributed by atoms with Crippen LogP contribution in [0.5, 0.6) is 0 Å². The molecule has 0 atom stereocenters. The van der Waals surface area contributed by atoms with E-state index in [4.69, 9.17) is 17.3 Å². The minimum Gasteiger partial charge on any atom is -0.397 e. The number of hydrogen-bond acceptors (Lipinski definition) is 2. The molecule has 2 aromatic carbocycles. The monoisotopic (exact) mass is 372 g/mol. The van der Waals surface area contributed by atoms with Crippen molar-refractivity contribution < 1.29 is 4.79 Å². The van der Waals surface area contributed by atoms with Crippen LogP contribution >= 0.6 is 34.2 Å². The van der Waals surface area contributed by atoms with Crippen molar-refractivity contribution in [1.29, 1.82) is 0 Å². The van der Waals surface area contributed by atoms with E-state index in [-0.39, 0.29) is 5.91 Å². The summed E-state index contributed by atoms with van der Waals surface area (Å²) in [6, 6.07) is 12.3. The van der Waals surface area contributed by atoms with Crippen LogP contribution in [0, 0.1) is 3.57 Å². The quantitative estimate of drug-likeness (QED) is 0.623. The Labute approximate surface area is 123 Å². The van der Waals surface area contributed by atoms with Gasteiger partial charge in [-0.1, -0.05) is 17.7 Å². The summed E-state index contributed by atoms with van der Waals surface area (Å²) in [4.78, 5) is 12.0. The Morgan fingerprint density at radius 3 is 2.44 bits per heavy atom. The number of nitrogen functional groups attached to an aromatic ring is 1.